The van der Waals surface area contributed by atoms with Gasteiger partial charge in [0.2, 0.25) is 5.91 Å². The molecule has 2 rings (SSSR count). The average Bonchev–Trinajstić information content (AvgIpc) is 2.88. The van der Waals surface area contributed by atoms with Crippen molar-refractivity contribution in [2.45, 2.75) is 31.1 Å². The van der Waals surface area contributed by atoms with Gasteiger partial charge < -0.3 is 4.90 Å². The summed E-state index contributed by atoms with van der Waals surface area (Å²) in [4.78, 5) is 14.2. The summed E-state index contributed by atoms with van der Waals surface area (Å²) in [6, 6.07) is 2.08. The number of thioether (sulfide) groups is 1. The number of hydrogen-bond acceptors (Lipinski definition) is 3. The maximum Gasteiger partial charge on any atom is 0.238 e. The number of thiophene rings is 1. The second-order valence-corrected chi connectivity index (χ2v) is 8.49. The lowest BCUT2D eigenvalue weighted by Gasteiger charge is -2.28. The van der Waals surface area contributed by atoms with E-state index in [2.05, 4.69) is 34.3 Å². The van der Waals surface area contributed by atoms with Gasteiger partial charge >= 0.3 is 0 Å². The van der Waals surface area contributed by atoms with Gasteiger partial charge in [0.05, 0.1) is 8.53 Å². The molecule has 1 aliphatic heterocycles. The fourth-order valence-corrected chi connectivity index (χ4v) is 4.63. The molecule has 0 radical (unpaired) electrons. The molecule has 0 aliphatic carbocycles. The van der Waals surface area contributed by atoms with Crippen molar-refractivity contribution in [2.75, 3.05) is 12.8 Å². The fraction of sp³-hybridized carbons (Fsp3) is 0.583. The molecule has 1 atom stereocenters. The lowest BCUT2D eigenvalue weighted by Crippen LogP contribution is -2.41. The van der Waals surface area contributed by atoms with E-state index in [-0.39, 0.29) is 10.7 Å². The highest BCUT2D eigenvalue weighted by atomic mass is 79.9. The van der Waals surface area contributed by atoms with Gasteiger partial charge in [-0.1, -0.05) is 0 Å². The van der Waals surface area contributed by atoms with Gasteiger partial charge in [-0.05, 0) is 58.5 Å². The van der Waals surface area contributed by atoms with E-state index in [1.54, 1.807) is 23.1 Å². The van der Waals surface area contributed by atoms with Crippen LogP contribution in [0.25, 0.3) is 0 Å². The third-order valence-corrected chi connectivity index (χ3v) is 6.12. The number of hydrogen-bond donors (Lipinski definition) is 0. The van der Waals surface area contributed by atoms with Crippen molar-refractivity contribution < 1.29 is 4.79 Å². The van der Waals surface area contributed by atoms with Crippen LogP contribution in [-0.4, -0.2) is 28.4 Å². The molecule has 1 unspecified atom stereocenters. The number of amides is 1. The van der Waals surface area contributed by atoms with Crippen LogP contribution in [0.5, 0.6) is 0 Å². The maximum atomic E-state index is 12.4. The molecule has 0 saturated carbocycles. The largest absolute Gasteiger partial charge is 0.340 e. The van der Waals surface area contributed by atoms with Gasteiger partial charge in [-0.25, -0.2) is 0 Å². The molecule has 1 aromatic heterocycles. The molecule has 1 saturated heterocycles. The van der Waals surface area contributed by atoms with Crippen molar-refractivity contribution >= 4 is 44.9 Å². The summed E-state index contributed by atoms with van der Waals surface area (Å²) in [6.07, 6.45) is 2.17. The van der Waals surface area contributed by atoms with E-state index in [0.717, 1.165) is 22.4 Å². The summed E-state index contributed by atoms with van der Waals surface area (Å²) in [5.41, 5.74) is 1.20. The molecule has 0 spiro atoms. The van der Waals surface area contributed by atoms with Crippen LogP contribution < -0.4 is 0 Å². The van der Waals surface area contributed by atoms with Crippen LogP contribution in [0.15, 0.2) is 15.2 Å². The second-order valence-electron chi connectivity index (χ2n) is 4.60. The van der Waals surface area contributed by atoms with Crippen LogP contribution in [0.4, 0.5) is 0 Å². The smallest absolute Gasteiger partial charge is 0.238 e. The zero-order chi connectivity index (χ0) is 12.5. The normalized spacial score (nSPS) is 23.9. The zero-order valence-corrected chi connectivity index (χ0v) is 13.3. The number of nitrogens with zero attached hydrogens (tertiary/aromatic N) is 1. The Morgan fingerprint density at radius 3 is 2.94 bits per heavy atom. The van der Waals surface area contributed by atoms with Crippen LogP contribution in [0, 0.1) is 0 Å². The molecule has 1 aliphatic rings. The van der Waals surface area contributed by atoms with Crippen LogP contribution in [-0.2, 0) is 11.3 Å². The molecular formula is C12H16BrNOS2. The molecule has 17 heavy (non-hydrogen) atoms. The van der Waals surface area contributed by atoms with Gasteiger partial charge in [-0.3, -0.25) is 4.79 Å². The highest BCUT2D eigenvalue weighted by Gasteiger charge is 2.38. The molecule has 0 N–H and O–H groups in total. The summed E-state index contributed by atoms with van der Waals surface area (Å²) < 4.78 is 0.928. The van der Waals surface area contributed by atoms with Gasteiger partial charge in [0, 0.05) is 13.6 Å². The second kappa shape index (κ2) is 5.33. The van der Waals surface area contributed by atoms with Gasteiger partial charge in [-0.2, -0.15) is 0 Å². The van der Waals surface area contributed by atoms with E-state index in [1.807, 2.05) is 11.9 Å². The Morgan fingerprint density at radius 2 is 2.41 bits per heavy atom. The van der Waals surface area contributed by atoms with Crippen molar-refractivity contribution in [1.29, 1.82) is 0 Å². The summed E-state index contributed by atoms with van der Waals surface area (Å²) >= 11 is 6.91. The Bertz CT molecular complexity index is 412. The molecule has 1 amide bonds. The summed E-state index contributed by atoms with van der Waals surface area (Å²) in [7, 11) is 1.90. The van der Waals surface area contributed by atoms with Crippen molar-refractivity contribution in [3.8, 4) is 0 Å². The lowest BCUT2D eigenvalue weighted by molar-refractivity contribution is -0.132. The Morgan fingerprint density at radius 1 is 1.65 bits per heavy atom. The van der Waals surface area contributed by atoms with Crippen LogP contribution in [0.1, 0.15) is 25.3 Å². The first-order valence-electron chi connectivity index (χ1n) is 5.64. The minimum atomic E-state index is -0.192. The van der Waals surface area contributed by atoms with Gasteiger partial charge in [0.25, 0.3) is 0 Å². The fourth-order valence-electron chi connectivity index (χ4n) is 2.13. The third kappa shape index (κ3) is 3.06. The third-order valence-electron chi connectivity index (χ3n) is 3.06. The Hall–Kier alpha value is -0.0000000000000000555. The summed E-state index contributed by atoms with van der Waals surface area (Å²) in [5.74, 6) is 1.38. The zero-order valence-electron chi connectivity index (χ0n) is 10.0. The van der Waals surface area contributed by atoms with Gasteiger partial charge in [0.1, 0.15) is 0 Å². The monoisotopic (exact) mass is 333 g/mol. The minimum Gasteiger partial charge on any atom is -0.340 e. The first-order chi connectivity index (χ1) is 8.01. The molecule has 0 aromatic carbocycles. The quantitative estimate of drug-likeness (QED) is 0.839. The number of carbonyl (C=O) groups excluding carboxylic acids is 1. The van der Waals surface area contributed by atoms with Crippen molar-refractivity contribution in [3.63, 3.8) is 0 Å². The van der Waals surface area contributed by atoms with E-state index in [1.165, 1.54) is 5.56 Å². The molecule has 0 bridgehead atoms. The Labute approximate surface area is 119 Å². The van der Waals surface area contributed by atoms with Crippen molar-refractivity contribution in [2.24, 2.45) is 0 Å². The van der Waals surface area contributed by atoms with Gasteiger partial charge in [-0.15, -0.1) is 23.1 Å². The number of carbonyl (C=O) groups is 1. The molecule has 2 nitrogen and oxygen atoms in total. The highest BCUT2D eigenvalue weighted by Crippen LogP contribution is 2.39. The van der Waals surface area contributed by atoms with E-state index in [0.29, 0.717) is 6.54 Å². The van der Waals surface area contributed by atoms with Gasteiger partial charge in [0.15, 0.2) is 0 Å². The SMILES string of the molecule is CN(Cc1csc(Br)c1)C(=O)C1(C)CCCS1. The van der Waals surface area contributed by atoms with E-state index < -0.39 is 0 Å². The lowest BCUT2D eigenvalue weighted by atomic mass is 10.0. The maximum absolute atomic E-state index is 12.4. The topological polar surface area (TPSA) is 20.3 Å². The van der Waals surface area contributed by atoms with E-state index in [4.69, 9.17) is 0 Å². The van der Waals surface area contributed by atoms with Crippen LogP contribution in [0.3, 0.4) is 0 Å². The van der Waals surface area contributed by atoms with Crippen molar-refractivity contribution in [3.05, 3.63) is 20.8 Å². The molecule has 1 fully saturated rings. The van der Waals surface area contributed by atoms with E-state index in [9.17, 15) is 4.79 Å². The van der Waals surface area contributed by atoms with Crippen LogP contribution in [0.2, 0.25) is 0 Å². The standard InChI is InChI=1S/C12H16BrNOS2/c1-12(4-3-5-17-12)11(15)14(2)7-9-6-10(13)16-8-9/h6,8H,3-5,7H2,1-2H3. The molecule has 2 heterocycles. The molecular weight excluding hydrogens is 318 g/mol. The van der Waals surface area contributed by atoms with Crippen molar-refractivity contribution in [1.82, 2.24) is 4.90 Å². The molecule has 94 valence electrons. The van der Waals surface area contributed by atoms with Crippen LogP contribution >= 0.6 is 39.0 Å². The summed E-state index contributed by atoms with van der Waals surface area (Å²) in [6.45, 7) is 2.78. The average molecular weight is 334 g/mol. The minimum absolute atomic E-state index is 0.192. The number of rotatable bonds is 3. The Balaban J connectivity index is 2.00. The molecule has 1 aromatic rings. The first-order valence-corrected chi connectivity index (χ1v) is 8.29. The van der Waals surface area contributed by atoms with E-state index >= 15 is 0 Å². The highest BCUT2D eigenvalue weighted by molar-refractivity contribution is 9.11. The predicted molar refractivity (Wildman–Crippen MR) is 78.6 cm³/mol. The predicted octanol–water partition coefficient (Wildman–Crippen LogP) is 3.75. The first kappa shape index (κ1) is 13.4. The Kier molecular flexibility index (Phi) is 4.21. The molecule has 5 heteroatoms. The number of halogens is 1. The summed E-state index contributed by atoms with van der Waals surface area (Å²) in [5, 5.41) is 2.10.